The van der Waals surface area contributed by atoms with Crippen LogP contribution in [-0.4, -0.2) is 30.1 Å². The van der Waals surface area contributed by atoms with Crippen molar-refractivity contribution in [2.24, 2.45) is 5.73 Å². The van der Waals surface area contributed by atoms with E-state index in [1.807, 2.05) is 56.3 Å². The molecule has 2 aromatic rings. The van der Waals surface area contributed by atoms with Crippen LogP contribution in [0, 0.1) is 0 Å². The number of anilines is 1. The van der Waals surface area contributed by atoms with Gasteiger partial charge in [-0.25, -0.2) is 4.79 Å². The molecular weight excluding hydrogens is 250 g/mol. The van der Waals surface area contributed by atoms with Gasteiger partial charge in [-0.1, -0.05) is 36.4 Å². The molecule has 0 aliphatic rings. The first kappa shape index (κ1) is 14.3. The molecule has 2 amide bonds. The fourth-order valence-electron chi connectivity index (χ4n) is 2.25. The Labute approximate surface area is 119 Å². The van der Waals surface area contributed by atoms with E-state index in [0.29, 0.717) is 13.1 Å². The van der Waals surface area contributed by atoms with Crippen LogP contribution in [0.5, 0.6) is 0 Å². The second kappa shape index (κ2) is 6.39. The SMILES string of the molecule is CC(C)N(CCN)C(=O)Nc1cccc2ccccc12. The predicted octanol–water partition coefficient (Wildman–Crippen LogP) is 3.04. The minimum absolute atomic E-state index is 0.109. The molecule has 0 unspecified atom stereocenters. The minimum Gasteiger partial charge on any atom is -0.329 e. The molecule has 0 fully saturated rings. The van der Waals surface area contributed by atoms with E-state index in [1.165, 1.54) is 0 Å². The zero-order chi connectivity index (χ0) is 14.5. The number of carbonyl (C=O) groups excluding carboxylic acids is 1. The van der Waals surface area contributed by atoms with Crippen molar-refractivity contribution >= 4 is 22.5 Å². The van der Waals surface area contributed by atoms with Crippen molar-refractivity contribution in [2.45, 2.75) is 19.9 Å². The number of fused-ring (bicyclic) bond motifs is 1. The summed E-state index contributed by atoms with van der Waals surface area (Å²) >= 11 is 0. The average Bonchev–Trinajstić information content (AvgIpc) is 2.44. The number of urea groups is 1. The molecule has 0 bridgehead atoms. The molecule has 0 radical (unpaired) electrons. The number of hydrogen-bond donors (Lipinski definition) is 2. The maximum atomic E-state index is 12.3. The fourth-order valence-corrected chi connectivity index (χ4v) is 2.25. The first-order valence-corrected chi connectivity index (χ1v) is 6.89. The van der Waals surface area contributed by atoms with Crippen LogP contribution in [0.25, 0.3) is 10.8 Å². The summed E-state index contributed by atoms with van der Waals surface area (Å²) in [6, 6.07) is 13.9. The van der Waals surface area contributed by atoms with E-state index in [2.05, 4.69) is 5.32 Å². The van der Waals surface area contributed by atoms with Gasteiger partial charge < -0.3 is 16.0 Å². The Kier molecular flexibility index (Phi) is 4.58. The highest BCUT2D eigenvalue weighted by atomic mass is 16.2. The molecule has 3 N–H and O–H groups in total. The van der Waals surface area contributed by atoms with E-state index in [-0.39, 0.29) is 12.1 Å². The molecule has 0 aliphatic heterocycles. The molecule has 2 aromatic carbocycles. The van der Waals surface area contributed by atoms with E-state index in [1.54, 1.807) is 4.90 Å². The third kappa shape index (κ3) is 3.08. The van der Waals surface area contributed by atoms with Crippen LogP contribution in [0.15, 0.2) is 42.5 Å². The number of nitrogens with one attached hydrogen (secondary N) is 1. The van der Waals surface area contributed by atoms with Crippen LogP contribution < -0.4 is 11.1 Å². The van der Waals surface area contributed by atoms with Gasteiger partial charge in [0.25, 0.3) is 0 Å². The highest BCUT2D eigenvalue weighted by Crippen LogP contribution is 2.23. The van der Waals surface area contributed by atoms with Gasteiger partial charge >= 0.3 is 6.03 Å². The lowest BCUT2D eigenvalue weighted by Crippen LogP contribution is -2.42. The Hall–Kier alpha value is -2.07. The van der Waals surface area contributed by atoms with E-state index < -0.39 is 0 Å². The van der Waals surface area contributed by atoms with E-state index in [9.17, 15) is 4.79 Å². The van der Waals surface area contributed by atoms with Gasteiger partial charge in [0.2, 0.25) is 0 Å². The standard InChI is InChI=1S/C16H21N3O/c1-12(2)19(11-10-17)16(20)18-15-9-5-7-13-6-3-4-8-14(13)15/h3-9,12H,10-11,17H2,1-2H3,(H,18,20). The monoisotopic (exact) mass is 271 g/mol. The Bertz CT molecular complexity index is 590. The number of nitrogens with two attached hydrogens (primary N) is 1. The van der Waals surface area contributed by atoms with Crippen LogP contribution in [0.3, 0.4) is 0 Å². The smallest absolute Gasteiger partial charge is 0.322 e. The van der Waals surface area contributed by atoms with Gasteiger partial charge in [0.15, 0.2) is 0 Å². The normalized spacial score (nSPS) is 10.8. The first-order chi connectivity index (χ1) is 9.63. The molecule has 4 heteroatoms. The molecule has 4 nitrogen and oxygen atoms in total. The van der Waals surface area contributed by atoms with Crippen molar-refractivity contribution in [1.29, 1.82) is 0 Å². The summed E-state index contributed by atoms with van der Waals surface area (Å²) in [7, 11) is 0. The number of hydrogen-bond acceptors (Lipinski definition) is 2. The van der Waals surface area contributed by atoms with Gasteiger partial charge in [-0.2, -0.15) is 0 Å². The lowest BCUT2D eigenvalue weighted by atomic mass is 10.1. The first-order valence-electron chi connectivity index (χ1n) is 6.89. The van der Waals surface area contributed by atoms with E-state index in [0.717, 1.165) is 16.5 Å². The zero-order valence-electron chi connectivity index (χ0n) is 12.0. The molecule has 0 heterocycles. The molecule has 0 aliphatic carbocycles. The maximum Gasteiger partial charge on any atom is 0.322 e. The van der Waals surface area contributed by atoms with Gasteiger partial charge in [-0.15, -0.1) is 0 Å². The molecule has 20 heavy (non-hydrogen) atoms. The van der Waals surface area contributed by atoms with Gasteiger partial charge in [0, 0.05) is 24.5 Å². The number of carbonyl (C=O) groups is 1. The van der Waals surface area contributed by atoms with Gasteiger partial charge in [-0.05, 0) is 25.3 Å². The van der Waals surface area contributed by atoms with Gasteiger partial charge in [0.1, 0.15) is 0 Å². The van der Waals surface area contributed by atoms with Crippen molar-refractivity contribution in [3.8, 4) is 0 Å². The summed E-state index contributed by atoms with van der Waals surface area (Å²) in [5.41, 5.74) is 6.40. The minimum atomic E-state index is -0.109. The lowest BCUT2D eigenvalue weighted by Gasteiger charge is -2.26. The highest BCUT2D eigenvalue weighted by Gasteiger charge is 2.16. The molecule has 0 spiro atoms. The van der Waals surface area contributed by atoms with E-state index >= 15 is 0 Å². The number of nitrogens with zero attached hydrogens (tertiary/aromatic N) is 1. The topological polar surface area (TPSA) is 58.4 Å². The van der Waals surface area contributed by atoms with Crippen molar-refractivity contribution in [1.82, 2.24) is 4.90 Å². The van der Waals surface area contributed by atoms with Crippen LogP contribution in [0.1, 0.15) is 13.8 Å². The largest absolute Gasteiger partial charge is 0.329 e. The van der Waals surface area contributed by atoms with Crippen molar-refractivity contribution in [3.63, 3.8) is 0 Å². The van der Waals surface area contributed by atoms with Crippen molar-refractivity contribution < 1.29 is 4.79 Å². The van der Waals surface area contributed by atoms with Crippen LogP contribution >= 0.6 is 0 Å². The lowest BCUT2D eigenvalue weighted by molar-refractivity contribution is 0.199. The summed E-state index contributed by atoms with van der Waals surface area (Å²) in [4.78, 5) is 14.1. The maximum absolute atomic E-state index is 12.3. The predicted molar refractivity (Wildman–Crippen MR) is 83.9 cm³/mol. The Morgan fingerprint density at radius 2 is 1.90 bits per heavy atom. The summed E-state index contributed by atoms with van der Waals surface area (Å²) in [6.07, 6.45) is 0. The van der Waals surface area contributed by atoms with Crippen LogP contribution in [0.4, 0.5) is 10.5 Å². The Balaban J connectivity index is 2.25. The second-order valence-corrected chi connectivity index (χ2v) is 5.03. The summed E-state index contributed by atoms with van der Waals surface area (Å²) in [5.74, 6) is 0. The molecule has 0 saturated carbocycles. The quantitative estimate of drug-likeness (QED) is 0.898. The number of benzene rings is 2. The van der Waals surface area contributed by atoms with Crippen LogP contribution in [-0.2, 0) is 0 Å². The second-order valence-electron chi connectivity index (χ2n) is 5.03. The summed E-state index contributed by atoms with van der Waals surface area (Å²) in [6.45, 7) is 4.98. The third-order valence-electron chi connectivity index (χ3n) is 3.29. The van der Waals surface area contributed by atoms with Crippen LogP contribution in [0.2, 0.25) is 0 Å². The number of amides is 2. The van der Waals surface area contributed by atoms with Gasteiger partial charge in [-0.3, -0.25) is 0 Å². The third-order valence-corrected chi connectivity index (χ3v) is 3.29. The molecular formula is C16H21N3O. The molecule has 2 rings (SSSR count). The Morgan fingerprint density at radius 1 is 1.20 bits per heavy atom. The average molecular weight is 271 g/mol. The fraction of sp³-hybridized carbons (Fsp3) is 0.312. The molecule has 0 aromatic heterocycles. The summed E-state index contributed by atoms with van der Waals surface area (Å²) in [5, 5.41) is 5.14. The van der Waals surface area contributed by atoms with Crippen molar-refractivity contribution in [3.05, 3.63) is 42.5 Å². The zero-order valence-corrected chi connectivity index (χ0v) is 12.0. The summed E-state index contributed by atoms with van der Waals surface area (Å²) < 4.78 is 0. The molecule has 0 atom stereocenters. The van der Waals surface area contributed by atoms with E-state index in [4.69, 9.17) is 5.73 Å². The molecule has 106 valence electrons. The van der Waals surface area contributed by atoms with Crippen molar-refractivity contribution in [2.75, 3.05) is 18.4 Å². The van der Waals surface area contributed by atoms with Gasteiger partial charge in [0.05, 0.1) is 5.69 Å². The Morgan fingerprint density at radius 3 is 2.60 bits per heavy atom. The molecule has 0 saturated heterocycles. The highest BCUT2D eigenvalue weighted by molar-refractivity contribution is 6.01. The number of rotatable bonds is 4.